The topological polar surface area (TPSA) is 57.6 Å². The van der Waals surface area contributed by atoms with Crippen molar-refractivity contribution in [2.75, 3.05) is 13.1 Å². The van der Waals surface area contributed by atoms with Crippen LogP contribution in [0, 0.1) is 0 Å². The third-order valence-corrected chi connectivity index (χ3v) is 3.23. The predicted molar refractivity (Wildman–Crippen MR) is 79.3 cm³/mol. The SMILES string of the molecule is CCCN(CCC)C(=O)c1ccc(CC)cc1C(=O)O. The van der Waals surface area contributed by atoms with Crippen molar-refractivity contribution >= 4 is 11.9 Å². The van der Waals surface area contributed by atoms with Gasteiger partial charge >= 0.3 is 5.97 Å². The van der Waals surface area contributed by atoms with E-state index in [0.29, 0.717) is 13.1 Å². The molecule has 0 aliphatic carbocycles. The maximum Gasteiger partial charge on any atom is 0.336 e. The van der Waals surface area contributed by atoms with E-state index in [9.17, 15) is 14.7 Å². The summed E-state index contributed by atoms with van der Waals surface area (Å²) >= 11 is 0. The Morgan fingerprint density at radius 3 is 2.10 bits per heavy atom. The smallest absolute Gasteiger partial charge is 0.336 e. The van der Waals surface area contributed by atoms with Gasteiger partial charge in [0.15, 0.2) is 0 Å². The summed E-state index contributed by atoms with van der Waals surface area (Å²) in [6, 6.07) is 5.07. The zero-order chi connectivity index (χ0) is 15.1. The van der Waals surface area contributed by atoms with Gasteiger partial charge in [0.25, 0.3) is 5.91 Å². The van der Waals surface area contributed by atoms with Gasteiger partial charge < -0.3 is 10.0 Å². The fraction of sp³-hybridized carbons (Fsp3) is 0.500. The largest absolute Gasteiger partial charge is 0.478 e. The lowest BCUT2D eigenvalue weighted by molar-refractivity contribution is 0.0675. The highest BCUT2D eigenvalue weighted by atomic mass is 16.4. The van der Waals surface area contributed by atoms with E-state index in [0.717, 1.165) is 24.8 Å². The summed E-state index contributed by atoms with van der Waals surface area (Å²) in [5.41, 5.74) is 1.32. The Balaban J connectivity index is 3.16. The number of rotatable bonds is 7. The lowest BCUT2D eigenvalue weighted by Gasteiger charge is -2.22. The number of amides is 1. The van der Waals surface area contributed by atoms with Gasteiger partial charge in [0.1, 0.15) is 0 Å². The molecular weight excluding hydrogens is 254 g/mol. The van der Waals surface area contributed by atoms with Gasteiger partial charge in [-0.3, -0.25) is 4.79 Å². The molecule has 0 unspecified atom stereocenters. The molecule has 110 valence electrons. The molecule has 1 aromatic carbocycles. The molecule has 1 aromatic rings. The van der Waals surface area contributed by atoms with Crippen LogP contribution in [0.25, 0.3) is 0 Å². The van der Waals surface area contributed by atoms with E-state index < -0.39 is 5.97 Å². The summed E-state index contributed by atoms with van der Waals surface area (Å²) < 4.78 is 0. The third kappa shape index (κ3) is 3.83. The summed E-state index contributed by atoms with van der Waals surface area (Å²) in [5, 5.41) is 9.31. The monoisotopic (exact) mass is 277 g/mol. The lowest BCUT2D eigenvalue weighted by atomic mass is 10.0. The molecule has 20 heavy (non-hydrogen) atoms. The zero-order valence-corrected chi connectivity index (χ0v) is 12.5. The van der Waals surface area contributed by atoms with Crippen molar-refractivity contribution in [3.05, 3.63) is 34.9 Å². The van der Waals surface area contributed by atoms with E-state index in [2.05, 4.69) is 0 Å². The molecule has 4 nitrogen and oxygen atoms in total. The molecule has 0 heterocycles. The molecule has 1 amide bonds. The summed E-state index contributed by atoms with van der Waals surface area (Å²) in [6.45, 7) is 7.29. The van der Waals surface area contributed by atoms with Crippen molar-refractivity contribution in [1.82, 2.24) is 4.90 Å². The van der Waals surface area contributed by atoms with Crippen molar-refractivity contribution in [3.63, 3.8) is 0 Å². The van der Waals surface area contributed by atoms with E-state index in [-0.39, 0.29) is 17.0 Å². The minimum absolute atomic E-state index is 0.103. The van der Waals surface area contributed by atoms with E-state index in [1.54, 1.807) is 17.0 Å². The summed E-state index contributed by atoms with van der Waals surface area (Å²) in [6.07, 6.45) is 2.48. The number of aromatic carboxylic acids is 1. The molecule has 4 heteroatoms. The zero-order valence-electron chi connectivity index (χ0n) is 12.5. The number of hydrogen-bond donors (Lipinski definition) is 1. The highest BCUT2D eigenvalue weighted by molar-refractivity contribution is 6.04. The Bertz CT molecular complexity index is 477. The number of hydrogen-bond acceptors (Lipinski definition) is 2. The van der Waals surface area contributed by atoms with Crippen LogP contribution >= 0.6 is 0 Å². The summed E-state index contributed by atoms with van der Waals surface area (Å²) in [5.74, 6) is -1.23. The number of carbonyl (C=O) groups is 2. The standard InChI is InChI=1S/C16H23NO3/c1-4-9-17(10-5-2)15(18)13-8-7-12(6-3)11-14(13)16(19)20/h7-8,11H,4-6,9-10H2,1-3H3,(H,19,20). The van der Waals surface area contributed by atoms with Crippen LogP contribution in [-0.2, 0) is 6.42 Å². The van der Waals surface area contributed by atoms with Gasteiger partial charge in [-0.15, -0.1) is 0 Å². The summed E-state index contributed by atoms with van der Waals surface area (Å²) in [4.78, 5) is 25.6. The maximum atomic E-state index is 12.5. The van der Waals surface area contributed by atoms with Crippen LogP contribution in [0.15, 0.2) is 18.2 Å². The molecule has 0 aliphatic rings. The second-order valence-electron chi connectivity index (χ2n) is 4.83. The minimum Gasteiger partial charge on any atom is -0.478 e. The van der Waals surface area contributed by atoms with Gasteiger partial charge in [0.2, 0.25) is 0 Å². The fourth-order valence-corrected chi connectivity index (χ4v) is 2.20. The van der Waals surface area contributed by atoms with E-state index in [1.807, 2.05) is 26.8 Å². The first-order valence-corrected chi connectivity index (χ1v) is 7.20. The first kappa shape index (κ1) is 16.2. The Kier molecular flexibility index (Phi) is 6.22. The second kappa shape index (κ2) is 7.68. The molecule has 0 saturated heterocycles. The summed E-state index contributed by atoms with van der Waals surface area (Å²) in [7, 11) is 0. The predicted octanol–water partition coefficient (Wildman–Crippen LogP) is 3.21. The Morgan fingerprint density at radius 2 is 1.65 bits per heavy atom. The van der Waals surface area contributed by atoms with Crippen LogP contribution in [0.4, 0.5) is 0 Å². The van der Waals surface area contributed by atoms with Crippen LogP contribution in [0.3, 0.4) is 0 Å². The van der Waals surface area contributed by atoms with Gasteiger partial charge in [-0.1, -0.05) is 26.8 Å². The van der Waals surface area contributed by atoms with E-state index >= 15 is 0 Å². The number of carboxylic acids is 1. The van der Waals surface area contributed by atoms with Crippen molar-refractivity contribution in [2.24, 2.45) is 0 Å². The van der Waals surface area contributed by atoms with E-state index in [1.165, 1.54) is 0 Å². The molecule has 0 atom stereocenters. The van der Waals surface area contributed by atoms with Crippen LogP contribution in [0.2, 0.25) is 0 Å². The lowest BCUT2D eigenvalue weighted by Crippen LogP contribution is -2.33. The highest BCUT2D eigenvalue weighted by Gasteiger charge is 2.21. The molecule has 0 fully saturated rings. The van der Waals surface area contributed by atoms with Crippen LogP contribution in [0.5, 0.6) is 0 Å². The Labute approximate surface area is 120 Å². The van der Waals surface area contributed by atoms with Crippen LogP contribution in [0.1, 0.15) is 59.9 Å². The second-order valence-corrected chi connectivity index (χ2v) is 4.83. The Hall–Kier alpha value is -1.84. The normalized spacial score (nSPS) is 10.3. The molecule has 0 aromatic heterocycles. The first-order chi connectivity index (χ1) is 9.54. The molecule has 1 N–H and O–H groups in total. The van der Waals surface area contributed by atoms with Crippen molar-refractivity contribution < 1.29 is 14.7 Å². The molecule has 0 bridgehead atoms. The van der Waals surface area contributed by atoms with Gasteiger partial charge in [-0.25, -0.2) is 4.79 Å². The average Bonchev–Trinajstić information content (AvgIpc) is 2.45. The number of nitrogens with zero attached hydrogens (tertiary/aromatic N) is 1. The maximum absolute atomic E-state index is 12.5. The first-order valence-electron chi connectivity index (χ1n) is 7.20. The van der Waals surface area contributed by atoms with Gasteiger partial charge in [-0.2, -0.15) is 0 Å². The molecule has 0 aliphatic heterocycles. The molecule has 0 radical (unpaired) electrons. The van der Waals surface area contributed by atoms with Crippen molar-refractivity contribution in [1.29, 1.82) is 0 Å². The van der Waals surface area contributed by atoms with Crippen molar-refractivity contribution in [3.8, 4) is 0 Å². The minimum atomic E-state index is -1.04. The number of carboxylic acid groups (broad SMARTS) is 1. The van der Waals surface area contributed by atoms with Gasteiger partial charge in [-0.05, 0) is 37.0 Å². The fourth-order valence-electron chi connectivity index (χ4n) is 2.20. The number of benzene rings is 1. The van der Waals surface area contributed by atoms with Crippen LogP contribution < -0.4 is 0 Å². The highest BCUT2D eigenvalue weighted by Crippen LogP contribution is 2.16. The Morgan fingerprint density at radius 1 is 1.05 bits per heavy atom. The van der Waals surface area contributed by atoms with Gasteiger partial charge in [0, 0.05) is 13.1 Å². The van der Waals surface area contributed by atoms with Crippen molar-refractivity contribution in [2.45, 2.75) is 40.0 Å². The quantitative estimate of drug-likeness (QED) is 0.832. The van der Waals surface area contributed by atoms with Gasteiger partial charge in [0.05, 0.1) is 11.1 Å². The van der Waals surface area contributed by atoms with Crippen LogP contribution in [-0.4, -0.2) is 35.0 Å². The number of carbonyl (C=O) groups excluding carboxylic acids is 1. The van der Waals surface area contributed by atoms with E-state index in [4.69, 9.17) is 0 Å². The molecule has 1 rings (SSSR count). The molecule has 0 saturated carbocycles. The molecule has 0 spiro atoms. The average molecular weight is 277 g/mol. The number of aryl methyl sites for hydroxylation is 1. The molecular formula is C16H23NO3. The third-order valence-electron chi connectivity index (χ3n) is 3.23.